The van der Waals surface area contributed by atoms with E-state index in [-0.39, 0.29) is 6.42 Å². The average molecular weight is 217 g/mol. The summed E-state index contributed by atoms with van der Waals surface area (Å²) < 4.78 is 13.2. The number of benzene rings is 1. The molecule has 0 aliphatic rings. The van der Waals surface area contributed by atoms with E-state index in [1.54, 1.807) is 6.07 Å². The van der Waals surface area contributed by atoms with Gasteiger partial charge in [0.25, 0.3) is 0 Å². The third-order valence-electron chi connectivity index (χ3n) is 1.96. The van der Waals surface area contributed by atoms with Gasteiger partial charge in [0, 0.05) is 5.02 Å². The molecule has 0 bridgehead atoms. The molecule has 4 heteroatoms. The SMILES string of the molecule is CC(Cc1ccc(Cl)cc1F)C(=O)O. The van der Waals surface area contributed by atoms with Crippen molar-refractivity contribution in [3.05, 3.63) is 34.6 Å². The lowest BCUT2D eigenvalue weighted by atomic mass is 10.0. The van der Waals surface area contributed by atoms with Gasteiger partial charge in [-0.3, -0.25) is 4.79 Å². The van der Waals surface area contributed by atoms with Crippen LogP contribution in [-0.2, 0) is 11.2 Å². The molecule has 1 aromatic rings. The quantitative estimate of drug-likeness (QED) is 0.844. The highest BCUT2D eigenvalue weighted by Crippen LogP contribution is 2.17. The van der Waals surface area contributed by atoms with Gasteiger partial charge in [-0.05, 0) is 24.1 Å². The highest BCUT2D eigenvalue weighted by atomic mass is 35.5. The zero-order chi connectivity index (χ0) is 10.7. The minimum Gasteiger partial charge on any atom is -0.481 e. The van der Waals surface area contributed by atoms with Crippen LogP contribution in [0.3, 0.4) is 0 Å². The molecule has 1 aromatic carbocycles. The van der Waals surface area contributed by atoms with Crippen molar-refractivity contribution in [3.8, 4) is 0 Å². The molecular formula is C10H10ClFO2. The minimum absolute atomic E-state index is 0.179. The Labute approximate surface area is 86.3 Å². The van der Waals surface area contributed by atoms with E-state index in [0.29, 0.717) is 10.6 Å². The van der Waals surface area contributed by atoms with Crippen LogP contribution in [-0.4, -0.2) is 11.1 Å². The molecule has 14 heavy (non-hydrogen) atoms. The third-order valence-corrected chi connectivity index (χ3v) is 2.20. The van der Waals surface area contributed by atoms with Gasteiger partial charge < -0.3 is 5.11 Å². The van der Waals surface area contributed by atoms with Gasteiger partial charge in [-0.15, -0.1) is 0 Å². The highest BCUT2D eigenvalue weighted by Gasteiger charge is 2.14. The molecular weight excluding hydrogens is 207 g/mol. The van der Waals surface area contributed by atoms with Gasteiger partial charge in [0.15, 0.2) is 0 Å². The van der Waals surface area contributed by atoms with Crippen molar-refractivity contribution in [2.75, 3.05) is 0 Å². The van der Waals surface area contributed by atoms with E-state index < -0.39 is 17.7 Å². The standard InChI is InChI=1S/C10H10ClFO2/c1-6(10(13)14)4-7-2-3-8(11)5-9(7)12/h2-3,5-6H,4H2,1H3,(H,13,14). The Hall–Kier alpha value is -1.09. The Morgan fingerprint density at radius 2 is 2.29 bits per heavy atom. The van der Waals surface area contributed by atoms with Crippen LogP contribution in [0.1, 0.15) is 12.5 Å². The molecule has 0 amide bonds. The molecule has 0 aliphatic heterocycles. The van der Waals surface area contributed by atoms with E-state index in [4.69, 9.17) is 16.7 Å². The predicted molar refractivity (Wildman–Crippen MR) is 51.9 cm³/mol. The molecule has 0 fully saturated rings. The van der Waals surface area contributed by atoms with Crippen LogP contribution in [0.15, 0.2) is 18.2 Å². The summed E-state index contributed by atoms with van der Waals surface area (Å²) in [6.45, 7) is 1.54. The van der Waals surface area contributed by atoms with Gasteiger partial charge in [-0.2, -0.15) is 0 Å². The van der Waals surface area contributed by atoms with Crippen molar-refractivity contribution in [1.82, 2.24) is 0 Å². The predicted octanol–water partition coefficient (Wildman–Crippen LogP) is 2.74. The number of hydrogen-bond acceptors (Lipinski definition) is 1. The van der Waals surface area contributed by atoms with Crippen molar-refractivity contribution >= 4 is 17.6 Å². The summed E-state index contributed by atoms with van der Waals surface area (Å²) in [6, 6.07) is 4.25. The molecule has 0 saturated carbocycles. The number of rotatable bonds is 3. The molecule has 0 aliphatic carbocycles. The van der Waals surface area contributed by atoms with Crippen molar-refractivity contribution in [2.45, 2.75) is 13.3 Å². The summed E-state index contributed by atoms with van der Waals surface area (Å²) in [5.41, 5.74) is 0.379. The monoisotopic (exact) mass is 216 g/mol. The van der Waals surface area contributed by atoms with Gasteiger partial charge in [0.2, 0.25) is 0 Å². The summed E-state index contributed by atoms with van der Waals surface area (Å²) >= 11 is 5.56. The topological polar surface area (TPSA) is 37.3 Å². The van der Waals surface area contributed by atoms with E-state index in [0.717, 1.165) is 0 Å². The lowest BCUT2D eigenvalue weighted by Crippen LogP contribution is -2.13. The first-order valence-corrected chi connectivity index (χ1v) is 4.55. The minimum atomic E-state index is -0.931. The van der Waals surface area contributed by atoms with E-state index in [9.17, 15) is 9.18 Å². The second-order valence-corrected chi connectivity index (χ2v) is 3.62. The first-order valence-electron chi connectivity index (χ1n) is 4.17. The van der Waals surface area contributed by atoms with Gasteiger partial charge in [0.05, 0.1) is 5.92 Å². The molecule has 1 N–H and O–H groups in total. The molecule has 0 heterocycles. The maximum Gasteiger partial charge on any atom is 0.306 e. The second-order valence-electron chi connectivity index (χ2n) is 3.18. The van der Waals surface area contributed by atoms with Crippen molar-refractivity contribution in [2.24, 2.45) is 5.92 Å². The average Bonchev–Trinajstić information content (AvgIpc) is 2.09. The van der Waals surface area contributed by atoms with Crippen LogP contribution in [0.25, 0.3) is 0 Å². The first-order chi connectivity index (χ1) is 6.50. The summed E-state index contributed by atoms with van der Waals surface area (Å²) in [7, 11) is 0. The maximum atomic E-state index is 13.2. The number of hydrogen-bond donors (Lipinski definition) is 1. The summed E-state index contributed by atoms with van der Waals surface area (Å²) in [5, 5.41) is 8.95. The molecule has 0 spiro atoms. The largest absolute Gasteiger partial charge is 0.481 e. The lowest BCUT2D eigenvalue weighted by Gasteiger charge is -2.07. The molecule has 0 aromatic heterocycles. The molecule has 1 unspecified atom stereocenters. The Bertz CT molecular complexity index is 352. The van der Waals surface area contributed by atoms with E-state index in [1.165, 1.54) is 19.1 Å². The number of halogens is 2. The second kappa shape index (κ2) is 4.42. The fourth-order valence-electron chi connectivity index (χ4n) is 1.10. The normalized spacial score (nSPS) is 12.5. The van der Waals surface area contributed by atoms with Crippen molar-refractivity contribution < 1.29 is 14.3 Å². The Kier molecular flexibility index (Phi) is 3.47. The number of carbonyl (C=O) groups is 1. The van der Waals surface area contributed by atoms with Crippen molar-refractivity contribution in [1.29, 1.82) is 0 Å². The molecule has 1 rings (SSSR count). The van der Waals surface area contributed by atoms with Gasteiger partial charge in [-0.1, -0.05) is 24.6 Å². The fraction of sp³-hybridized carbons (Fsp3) is 0.300. The number of aliphatic carboxylic acids is 1. The van der Waals surface area contributed by atoms with Crippen LogP contribution < -0.4 is 0 Å². The smallest absolute Gasteiger partial charge is 0.306 e. The van der Waals surface area contributed by atoms with Gasteiger partial charge >= 0.3 is 5.97 Å². The van der Waals surface area contributed by atoms with Crippen LogP contribution in [0.5, 0.6) is 0 Å². The molecule has 0 saturated heterocycles. The first kappa shape index (κ1) is 11.0. The Balaban J connectivity index is 2.82. The molecule has 1 atom stereocenters. The highest BCUT2D eigenvalue weighted by molar-refractivity contribution is 6.30. The Morgan fingerprint density at radius 1 is 1.64 bits per heavy atom. The van der Waals surface area contributed by atoms with Crippen LogP contribution in [0.2, 0.25) is 5.02 Å². The van der Waals surface area contributed by atoms with Crippen LogP contribution in [0, 0.1) is 11.7 Å². The van der Waals surface area contributed by atoms with Crippen LogP contribution >= 0.6 is 11.6 Å². The zero-order valence-corrected chi connectivity index (χ0v) is 8.38. The maximum absolute atomic E-state index is 13.2. The van der Waals surface area contributed by atoms with E-state index >= 15 is 0 Å². The van der Waals surface area contributed by atoms with E-state index in [2.05, 4.69) is 0 Å². The Morgan fingerprint density at radius 3 is 2.79 bits per heavy atom. The summed E-state index contributed by atoms with van der Waals surface area (Å²) in [5.74, 6) is -1.98. The van der Waals surface area contributed by atoms with Crippen LogP contribution in [0.4, 0.5) is 4.39 Å². The zero-order valence-electron chi connectivity index (χ0n) is 7.63. The summed E-state index contributed by atoms with van der Waals surface area (Å²) in [6.07, 6.45) is 0.179. The molecule has 2 nitrogen and oxygen atoms in total. The number of carboxylic acids is 1. The third kappa shape index (κ3) is 2.70. The number of carboxylic acid groups (broad SMARTS) is 1. The van der Waals surface area contributed by atoms with E-state index in [1.807, 2.05) is 0 Å². The van der Waals surface area contributed by atoms with Gasteiger partial charge in [-0.25, -0.2) is 4.39 Å². The fourth-order valence-corrected chi connectivity index (χ4v) is 1.26. The van der Waals surface area contributed by atoms with Crippen molar-refractivity contribution in [3.63, 3.8) is 0 Å². The summed E-state index contributed by atoms with van der Waals surface area (Å²) in [4.78, 5) is 10.5. The molecule has 76 valence electrons. The van der Waals surface area contributed by atoms with Gasteiger partial charge in [0.1, 0.15) is 5.82 Å². The molecule has 0 radical (unpaired) electrons. The lowest BCUT2D eigenvalue weighted by molar-refractivity contribution is -0.141.